The number of hydrogen-bond donors (Lipinski definition) is 1. The standard InChI is InChI=1S/C22H26F2N2O2/c1-17-7-9-18(10-8-17)16-25-21(27)20-15-22(23,24)11-12-26(20)13-14-28-19-5-3-2-4-6-19/h2-10,20H,11-16H2,1H3,(H,25,27). The van der Waals surface area contributed by atoms with Gasteiger partial charge in [-0.2, -0.15) is 0 Å². The molecule has 1 atom stereocenters. The summed E-state index contributed by atoms with van der Waals surface area (Å²) in [5.74, 6) is -2.45. The summed E-state index contributed by atoms with van der Waals surface area (Å²) in [5.41, 5.74) is 2.08. The van der Waals surface area contributed by atoms with Crippen LogP contribution >= 0.6 is 0 Å². The summed E-state index contributed by atoms with van der Waals surface area (Å²) in [6.45, 7) is 3.26. The van der Waals surface area contributed by atoms with Gasteiger partial charge in [-0.15, -0.1) is 0 Å². The summed E-state index contributed by atoms with van der Waals surface area (Å²) in [7, 11) is 0. The van der Waals surface area contributed by atoms with Crippen molar-refractivity contribution in [1.29, 1.82) is 0 Å². The molecule has 3 rings (SSSR count). The Bertz CT molecular complexity index is 766. The molecule has 2 aromatic rings. The highest BCUT2D eigenvalue weighted by molar-refractivity contribution is 5.82. The summed E-state index contributed by atoms with van der Waals surface area (Å²) < 4.78 is 33.6. The number of amides is 1. The topological polar surface area (TPSA) is 41.6 Å². The van der Waals surface area contributed by atoms with Crippen LogP contribution < -0.4 is 10.1 Å². The minimum Gasteiger partial charge on any atom is -0.492 e. The van der Waals surface area contributed by atoms with Gasteiger partial charge in [-0.3, -0.25) is 9.69 Å². The third-order valence-corrected chi connectivity index (χ3v) is 4.98. The summed E-state index contributed by atoms with van der Waals surface area (Å²) in [6, 6.07) is 16.3. The predicted molar refractivity (Wildman–Crippen MR) is 105 cm³/mol. The maximum Gasteiger partial charge on any atom is 0.251 e. The van der Waals surface area contributed by atoms with Crippen molar-refractivity contribution in [2.24, 2.45) is 0 Å². The maximum atomic E-state index is 13.9. The Morgan fingerprint density at radius 2 is 1.89 bits per heavy atom. The third kappa shape index (κ3) is 5.76. The van der Waals surface area contributed by atoms with Crippen LogP contribution in [-0.2, 0) is 11.3 Å². The summed E-state index contributed by atoms with van der Waals surface area (Å²) >= 11 is 0. The lowest BCUT2D eigenvalue weighted by molar-refractivity contribution is -0.138. The molecule has 1 N–H and O–H groups in total. The second kappa shape index (κ2) is 9.15. The number of rotatable bonds is 7. The van der Waals surface area contributed by atoms with E-state index in [1.165, 1.54) is 0 Å². The van der Waals surface area contributed by atoms with Crippen molar-refractivity contribution in [2.45, 2.75) is 38.3 Å². The predicted octanol–water partition coefficient (Wildman–Crippen LogP) is 3.79. The Balaban J connectivity index is 1.56. The summed E-state index contributed by atoms with van der Waals surface area (Å²) in [6.07, 6.45) is -0.696. The molecule has 1 aliphatic heterocycles. The number of aryl methyl sites for hydroxylation is 1. The number of hydrogen-bond acceptors (Lipinski definition) is 3. The van der Waals surface area contributed by atoms with Gasteiger partial charge < -0.3 is 10.1 Å². The number of halogens is 2. The fourth-order valence-corrected chi connectivity index (χ4v) is 3.31. The molecular formula is C22H26F2N2O2. The van der Waals surface area contributed by atoms with Crippen molar-refractivity contribution in [3.8, 4) is 5.75 Å². The highest BCUT2D eigenvalue weighted by Crippen LogP contribution is 2.32. The van der Waals surface area contributed by atoms with Crippen LogP contribution in [0.15, 0.2) is 54.6 Å². The van der Waals surface area contributed by atoms with Crippen molar-refractivity contribution in [3.63, 3.8) is 0 Å². The maximum absolute atomic E-state index is 13.9. The Hall–Kier alpha value is -2.47. The van der Waals surface area contributed by atoms with E-state index in [4.69, 9.17) is 4.74 Å². The van der Waals surface area contributed by atoms with Gasteiger partial charge >= 0.3 is 0 Å². The molecule has 28 heavy (non-hydrogen) atoms. The van der Waals surface area contributed by atoms with Gasteiger partial charge in [-0.25, -0.2) is 8.78 Å². The zero-order valence-electron chi connectivity index (χ0n) is 16.0. The van der Waals surface area contributed by atoms with E-state index in [1.807, 2.05) is 61.5 Å². The summed E-state index contributed by atoms with van der Waals surface area (Å²) in [4.78, 5) is 14.4. The molecule has 0 radical (unpaired) electrons. The molecule has 0 aromatic heterocycles. The number of carbonyl (C=O) groups excluding carboxylic acids is 1. The van der Waals surface area contributed by atoms with E-state index >= 15 is 0 Å². The van der Waals surface area contributed by atoms with Gasteiger partial charge in [0, 0.05) is 32.5 Å². The van der Waals surface area contributed by atoms with Gasteiger partial charge in [0.15, 0.2) is 0 Å². The molecule has 4 nitrogen and oxygen atoms in total. The van der Waals surface area contributed by atoms with Crippen LogP contribution in [0.4, 0.5) is 8.78 Å². The lowest BCUT2D eigenvalue weighted by atomic mass is 9.97. The molecule has 0 aliphatic carbocycles. The van der Waals surface area contributed by atoms with Gasteiger partial charge in [0.05, 0.1) is 6.04 Å². The largest absolute Gasteiger partial charge is 0.492 e. The molecule has 2 aromatic carbocycles. The van der Waals surface area contributed by atoms with Crippen molar-refractivity contribution >= 4 is 5.91 Å². The molecule has 1 saturated heterocycles. The summed E-state index contributed by atoms with van der Waals surface area (Å²) in [5, 5.41) is 2.81. The quantitative estimate of drug-likeness (QED) is 0.785. The number of ether oxygens (including phenoxy) is 1. The Labute approximate surface area is 164 Å². The molecular weight excluding hydrogens is 362 g/mol. The molecule has 6 heteroatoms. The molecule has 1 aliphatic rings. The van der Waals surface area contributed by atoms with Crippen molar-refractivity contribution in [3.05, 3.63) is 65.7 Å². The molecule has 0 bridgehead atoms. The minimum absolute atomic E-state index is 0.174. The second-order valence-electron chi connectivity index (χ2n) is 7.23. The highest BCUT2D eigenvalue weighted by atomic mass is 19.3. The minimum atomic E-state index is -2.82. The second-order valence-corrected chi connectivity index (χ2v) is 7.23. The van der Waals surface area contributed by atoms with Crippen LogP contribution in [0.2, 0.25) is 0 Å². The number of benzene rings is 2. The monoisotopic (exact) mass is 388 g/mol. The Morgan fingerprint density at radius 1 is 1.18 bits per heavy atom. The van der Waals surface area contributed by atoms with E-state index in [0.29, 0.717) is 19.7 Å². The molecule has 150 valence electrons. The average molecular weight is 388 g/mol. The molecule has 1 fully saturated rings. The van der Waals surface area contributed by atoms with Gasteiger partial charge in [-0.1, -0.05) is 48.0 Å². The first kappa shape index (κ1) is 20.3. The van der Waals surface area contributed by atoms with Gasteiger partial charge in [-0.05, 0) is 24.6 Å². The smallest absolute Gasteiger partial charge is 0.251 e. The zero-order valence-corrected chi connectivity index (χ0v) is 16.0. The van der Waals surface area contributed by atoms with Gasteiger partial charge in [0.1, 0.15) is 12.4 Å². The van der Waals surface area contributed by atoms with E-state index in [-0.39, 0.29) is 18.9 Å². The molecule has 0 saturated carbocycles. The lowest BCUT2D eigenvalue weighted by Crippen LogP contribution is -2.55. The first-order valence-corrected chi connectivity index (χ1v) is 9.56. The van der Waals surface area contributed by atoms with Crippen molar-refractivity contribution in [2.75, 3.05) is 19.7 Å². The average Bonchev–Trinajstić information content (AvgIpc) is 2.69. The first-order valence-electron chi connectivity index (χ1n) is 9.56. The number of nitrogens with zero attached hydrogens (tertiary/aromatic N) is 1. The van der Waals surface area contributed by atoms with Crippen molar-refractivity contribution in [1.82, 2.24) is 10.2 Å². The number of likely N-dealkylation sites (tertiary alicyclic amines) is 1. The Kier molecular flexibility index (Phi) is 6.62. The molecule has 0 spiro atoms. The van der Waals surface area contributed by atoms with E-state index in [2.05, 4.69) is 5.32 Å². The van der Waals surface area contributed by atoms with Crippen LogP contribution in [0.25, 0.3) is 0 Å². The van der Waals surface area contributed by atoms with E-state index in [1.54, 1.807) is 4.90 Å². The SMILES string of the molecule is Cc1ccc(CNC(=O)C2CC(F)(F)CCN2CCOc2ccccc2)cc1. The van der Waals surface area contributed by atoms with Gasteiger partial charge in [0.2, 0.25) is 5.91 Å². The number of para-hydroxylation sites is 1. The van der Waals surface area contributed by atoms with Crippen LogP contribution in [0.1, 0.15) is 24.0 Å². The normalized spacial score (nSPS) is 19.2. The van der Waals surface area contributed by atoms with Crippen molar-refractivity contribution < 1.29 is 18.3 Å². The van der Waals surface area contributed by atoms with Crippen LogP contribution in [0.3, 0.4) is 0 Å². The zero-order chi connectivity index (χ0) is 20.0. The van der Waals surface area contributed by atoms with E-state index in [0.717, 1.165) is 16.9 Å². The third-order valence-electron chi connectivity index (χ3n) is 4.98. The van der Waals surface area contributed by atoms with Crippen LogP contribution in [0.5, 0.6) is 5.75 Å². The van der Waals surface area contributed by atoms with Crippen LogP contribution in [-0.4, -0.2) is 42.5 Å². The molecule has 1 heterocycles. The fraction of sp³-hybridized carbons (Fsp3) is 0.409. The van der Waals surface area contributed by atoms with Crippen LogP contribution in [0, 0.1) is 6.92 Å². The number of piperidine rings is 1. The number of nitrogens with one attached hydrogen (secondary N) is 1. The van der Waals surface area contributed by atoms with E-state index in [9.17, 15) is 13.6 Å². The molecule has 1 amide bonds. The van der Waals surface area contributed by atoms with Gasteiger partial charge in [0.25, 0.3) is 5.92 Å². The number of carbonyl (C=O) groups is 1. The Morgan fingerprint density at radius 3 is 2.61 bits per heavy atom. The number of alkyl halides is 2. The first-order chi connectivity index (χ1) is 13.4. The van der Waals surface area contributed by atoms with E-state index < -0.39 is 18.4 Å². The lowest BCUT2D eigenvalue weighted by Gasteiger charge is -2.38. The molecule has 1 unspecified atom stereocenters. The fourth-order valence-electron chi connectivity index (χ4n) is 3.31. The highest BCUT2D eigenvalue weighted by Gasteiger charge is 2.43.